The molecule has 63 heavy (non-hydrogen) atoms. The van der Waals surface area contributed by atoms with E-state index in [1.165, 1.54) is 27.1 Å². The molecule has 4 aromatic heterocycles. The second kappa shape index (κ2) is 14.0. The number of nitrogens with zero attached hydrogens (tertiary/aromatic N) is 6. The lowest BCUT2D eigenvalue weighted by atomic mass is 10.1. The van der Waals surface area contributed by atoms with Crippen LogP contribution in [0.25, 0.3) is 117 Å². The van der Waals surface area contributed by atoms with Crippen LogP contribution in [0.2, 0.25) is 0 Å². The van der Waals surface area contributed by atoms with E-state index in [1.54, 1.807) is 0 Å². The Balaban J connectivity index is 1.14. The molecule has 0 aliphatic carbocycles. The van der Waals surface area contributed by atoms with Crippen LogP contribution in [0.4, 0.5) is 0 Å². The van der Waals surface area contributed by atoms with E-state index in [0.29, 0.717) is 17.5 Å². The molecule has 0 radical (unpaired) electrons. The highest BCUT2D eigenvalue weighted by Crippen LogP contribution is 2.44. The molecule has 0 aliphatic heterocycles. The Morgan fingerprint density at radius 3 is 1.33 bits per heavy atom. The van der Waals surface area contributed by atoms with Crippen LogP contribution in [0.1, 0.15) is 0 Å². The topological polar surface area (TPSA) is 53.5 Å². The average Bonchev–Trinajstić information content (AvgIpc) is 4.00. The van der Waals surface area contributed by atoms with E-state index in [9.17, 15) is 0 Å². The highest BCUT2D eigenvalue weighted by atomic mass is 15.0. The molecular formula is C57H36N6. The number of para-hydroxylation sites is 4. The van der Waals surface area contributed by atoms with Crippen molar-refractivity contribution in [2.75, 3.05) is 0 Å². The molecule has 0 atom stereocenters. The Morgan fingerprint density at radius 2 is 0.698 bits per heavy atom. The zero-order valence-electron chi connectivity index (χ0n) is 34.0. The summed E-state index contributed by atoms with van der Waals surface area (Å²) in [6.45, 7) is 0. The monoisotopic (exact) mass is 804 g/mol. The first kappa shape index (κ1) is 35.2. The Hall–Kier alpha value is -8.61. The molecule has 0 unspecified atom stereocenters. The Kier molecular flexibility index (Phi) is 7.80. The van der Waals surface area contributed by atoms with Crippen LogP contribution >= 0.6 is 0 Å². The van der Waals surface area contributed by atoms with Crippen LogP contribution in [0.15, 0.2) is 218 Å². The van der Waals surface area contributed by atoms with Crippen LogP contribution in [0.3, 0.4) is 0 Å². The molecule has 294 valence electrons. The summed E-state index contributed by atoms with van der Waals surface area (Å²) in [7, 11) is 0. The van der Waals surface area contributed by atoms with Gasteiger partial charge in [-0.2, -0.15) is 0 Å². The lowest BCUT2D eigenvalue weighted by Crippen LogP contribution is -2.00. The quantitative estimate of drug-likeness (QED) is 0.168. The van der Waals surface area contributed by atoms with Crippen molar-refractivity contribution in [1.29, 1.82) is 0 Å². The smallest absolute Gasteiger partial charge is 0.164 e. The van der Waals surface area contributed by atoms with Crippen molar-refractivity contribution in [2.45, 2.75) is 0 Å². The molecule has 13 rings (SSSR count). The first-order valence-corrected chi connectivity index (χ1v) is 21.3. The van der Waals surface area contributed by atoms with Gasteiger partial charge in [0.1, 0.15) is 0 Å². The van der Waals surface area contributed by atoms with Gasteiger partial charge in [0.05, 0.1) is 33.1 Å². The maximum absolute atomic E-state index is 5.17. The first-order valence-electron chi connectivity index (χ1n) is 21.3. The van der Waals surface area contributed by atoms with Crippen LogP contribution in [0.5, 0.6) is 0 Å². The minimum atomic E-state index is 0.620. The predicted octanol–water partition coefficient (Wildman–Crippen LogP) is 14.2. The van der Waals surface area contributed by atoms with Crippen molar-refractivity contribution in [1.82, 2.24) is 28.7 Å². The maximum Gasteiger partial charge on any atom is 0.164 e. The van der Waals surface area contributed by atoms with Crippen molar-refractivity contribution >= 4 is 65.4 Å². The van der Waals surface area contributed by atoms with Gasteiger partial charge >= 0.3 is 0 Å². The van der Waals surface area contributed by atoms with Gasteiger partial charge in [-0.15, -0.1) is 0 Å². The summed E-state index contributed by atoms with van der Waals surface area (Å²) in [6, 6.07) is 77.4. The second-order valence-corrected chi connectivity index (χ2v) is 16.0. The zero-order chi connectivity index (χ0) is 41.4. The SMILES string of the molecule is c1ccc(-c2nc(-c3ccccc3)nc(-c3ccc4c(c3)c3c(ccc5c6ccccc6n(-c6ccccc6)c53)n4-c3ccc4c5ccccc5n(-c5ccccc5)c4c3)n2)cc1. The van der Waals surface area contributed by atoms with E-state index in [1.807, 2.05) is 36.4 Å². The molecule has 0 saturated carbocycles. The zero-order valence-corrected chi connectivity index (χ0v) is 34.0. The third-order valence-electron chi connectivity index (χ3n) is 12.5. The number of fused-ring (bicyclic) bond motifs is 10. The van der Waals surface area contributed by atoms with Crippen molar-refractivity contribution in [2.24, 2.45) is 0 Å². The van der Waals surface area contributed by atoms with Crippen LogP contribution in [-0.4, -0.2) is 28.7 Å². The number of rotatable bonds is 6. The van der Waals surface area contributed by atoms with E-state index in [4.69, 9.17) is 15.0 Å². The molecule has 6 nitrogen and oxygen atoms in total. The summed E-state index contributed by atoms with van der Waals surface area (Å²) >= 11 is 0. The van der Waals surface area contributed by atoms with Crippen LogP contribution < -0.4 is 0 Å². The summed E-state index contributed by atoms with van der Waals surface area (Å²) in [5.41, 5.74) is 13.0. The van der Waals surface area contributed by atoms with Gasteiger partial charge in [0, 0.05) is 66.1 Å². The van der Waals surface area contributed by atoms with E-state index in [-0.39, 0.29) is 0 Å². The third-order valence-corrected chi connectivity index (χ3v) is 12.5. The summed E-state index contributed by atoms with van der Waals surface area (Å²) in [5.74, 6) is 1.89. The fraction of sp³-hybridized carbons (Fsp3) is 0. The van der Waals surface area contributed by atoms with E-state index < -0.39 is 0 Å². The summed E-state index contributed by atoms with van der Waals surface area (Å²) in [5, 5.41) is 7.12. The van der Waals surface area contributed by atoms with E-state index >= 15 is 0 Å². The van der Waals surface area contributed by atoms with Crippen molar-refractivity contribution in [3.63, 3.8) is 0 Å². The van der Waals surface area contributed by atoms with Gasteiger partial charge in [-0.3, -0.25) is 0 Å². The fourth-order valence-electron chi connectivity index (χ4n) is 9.71. The van der Waals surface area contributed by atoms with Gasteiger partial charge in [0.25, 0.3) is 0 Å². The van der Waals surface area contributed by atoms with Gasteiger partial charge in [-0.1, -0.05) is 146 Å². The molecular weight excluding hydrogens is 769 g/mol. The average molecular weight is 805 g/mol. The van der Waals surface area contributed by atoms with Gasteiger partial charge in [-0.05, 0) is 72.8 Å². The largest absolute Gasteiger partial charge is 0.309 e. The van der Waals surface area contributed by atoms with E-state index in [2.05, 4.69) is 196 Å². The van der Waals surface area contributed by atoms with Crippen LogP contribution in [-0.2, 0) is 0 Å². The predicted molar refractivity (Wildman–Crippen MR) is 259 cm³/mol. The minimum Gasteiger partial charge on any atom is -0.309 e. The van der Waals surface area contributed by atoms with Gasteiger partial charge in [-0.25, -0.2) is 15.0 Å². The van der Waals surface area contributed by atoms with Gasteiger partial charge in [0.2, 0.25) is 0 Å². The lowest BCUT2D eigenvalue weighted by molar-refractivity contribution is 1.07. The minimum absolute atomic E-state index is 0.620. The maximum atomic E-state index is 5.17. The summed E-state index contributed by atoms with van der Waals surface area (Å²) in [6.07, 6.45) is 0. The standard InChI is InChI=1S/C57H36N6/c1-5-17-37(18-6-1)55-58-56(38-19-7-2-8-20-38)60-57(59-55)39-29-33-50-47(35-39)53-51(34-32-46-44-26-14-16-28-49(44)63(54(46)53)41-23-11-4-12-24-41)62(50)42-30-31-45-43-25-13-15-27-48(43)61(52(45)36-42)40-21-9-3-10-22-40/h1-36H. The van der Waals surface area contributed by atoms with E-state index in [0.717, 1.165) is 72.1 Å². The molecule has 0 amide bonds. The highest BCUT2D eigenvalue weighted by Gasteiger charge is 2.23. The Labute approximate surface area is 362 Å². The normalized spacial score (nSPS) is 11.8. The van der Waals surface area contributed by atoms with Gasteiger partial charge in [0.15, 0.2) is 17.5 Å². The Morgan fingerprint density at radius 1 is 0.254 bits per heavy atom. The molecule has 0 N–H and O–H groups in total. The first-order chi connectivity index (χ1) is 31.3. The molecule has 0 aliphatic rings. The third kappa shape index (κ3) is 5.48. The van der Waals surface area contributed by atoms with Crippen LogP contribution in [0, 0.1) is 0 Å². The molecule has 13 aromatic rings. The number of hydrogen-bond acceptors (Lipinski definition) is 3. The van der Waals surface area contributed by atoms with Crippen molar-refractivity contribution in [3.8, 4) is 51.2 Å². The fourth-order valence-corrected chi connectivity index (χ4v) is 9.71. The molecule has 0 saturated heterocycles. The molecule has 0 bridgehead atoms. The Bertz CT molecular complexity index is 3830. The number of aromatic nitrogens is 6. The second-order valence-electron chi connectivity index (χ2n) is 16.0. The summed E-state index contributed by atoms with van der Waals surface area (Å²) in [4.78, 5) is 15.3. The highest BCUT2D eigenvalue weighted by molar-refractivity contribution is 6.26. The van der Waals surface area contributed by atoms with Gasteiger partial charge < -0.3 is 13.7 Å². The molecule has 6 heteroatoms. The number of hydrogen-bond donors (Lipinski definition) is 0. The van der Waals surface area contributed by atoms with Crippen molar-refractivity contribution in [3.05, 3.63) is 218 Å². The summed E-state index contributed by atoms with van der Waals surface area (Å²) < 4.78 is 7.26. The number of benzene rings is 9. The van der Waals surface area contributed by atoms with Crippen molar-refractivity contribution < 1.29 is 0 Å². The lowest BCUT2D eigenvalue weighted by Gasteiger charge is -2.12. The molecule has 9 aromatic carbocycles. The molecule has 0 spiro atoms. The molecule has 0 fully saturated rings. The molecule has 4 heterocycles.